The molecule has 6 nitrogen and oxygen atoms in total. The molecule has 0 unspecified atom stereocenters. The molecule has 0 spiro atoms. The monoisotopic (exact) mass is 352 g/mol. The summed E-state index contributed by atoms with van der Waals surface area (Å²) in [4.78, 5) is 25.5. The number of aliphatic hydroxyl groups is 1. The lowest BCUT2D eigenvalue weighted by atomic mass is 9.85. The number of nitrogens with zero attached hydrogens (tertiary/aromatic N) is 4. The molecule has 0 aliphatic carbocycles. The van der Waals surface area contributed by atoms with Crippen molar-refractivity contribution in [3.63, 3.8) is 0 Å². The highest BCUT2D eigenvalue weighted by Gasteiger charge is 2.35. The highest BCUT2D eigenvalue weighted by atomic mass is 16.3. The number of hydrogen-bond acceptors (Lipinski definition) is 5. The lowest BCUT2D eigenvalue weighted by Crippen LogP contribution is -2.44. The summed E-state index contributed by atoms with van der Waals surface area (Å²) in [6, 6.07) is 7.46. The Morgan fingerprint density at radius 1 is 1.04 bits per heavy atom. The molecule has 1 amide bonds. The zero-order valence-electron chi connectivity index (χ0n) is 14.8. The minimum Gasteiger partial charge on any atom is -0.385 e. The van der Waals surface area contributed by atoms with E-state index < -0.39 is 5.60 Å². The van der Waals surface area contributed by atoms with Crippen LogP contribution in [0.2, 0.25) is 0 Å². The fourth-order valence-electron chi connectivity index (χ4n) is 3.92. The van der Waals surface area contributed by atoms with Crippen LogP contribution >= 0.6 is 0 Å². The standard InChI is InChI=1S/C20H24N4O2/c25-19(24-11-1-2-12-24)17-6-4-10-22-18(17)23-13-7-20(26,8-14-23)16-5-3-9-21-15-16/h3-6,9-10,15,26H,1-2,7-8,11-14H2. The molecule has 4 heterocycles. The number of piperidine rings is 1. The van der Waals surface area contributed by atoms with Gasteiger partial charge in [-0.3, -0.25) is 9.78 Å². The molecule has 1 N–H and O–H groups in total. The van der Waals surface area contributed by atoms with Crippen molar-refractivity contribution in [3.05, 3.63) is 54.0 Å². The Morgan fingerprint density at radius 3 is 2.46 bits per heavy atom. The molecular formula is C20H24N4O2. The number of anilines is 1. The Kier molecular flexibility index (Phi) is 4.59. The molecule has 0 radical (unpaired) electrons. The predicted octanol–water partition coefficient (Wildman–Crippen LogP) is 2.20. The zero-order valence-corrected chi connectivity index (χ0v) is 14.8. The summed E-state index contributed by atoms with van der Waals surface area (Å²) in [5, 5.41) is 11.0. The van der Waals surface area contributed by atoms with Crippen molar-refractivity contribution in [3.8, 4) is 0 Å². The van der Waals surface area contributed by atoms with Crippen molar-refractivity contribution in [2.24, 2.45) is 0 Å². The Hall–Kier alpha value is -2.47. The Bertz CT molecular complexity index is 766. The maximum Gasteiger partial charge on any atom is 0.257 e. The van der Waals surface area contributed by atoms with Crippen molar-refractivity contribution >= 4 is 11.7 Å². The molecule has 2 aromatic rings. The van der Waals surface area contributed by atoms with Crippen LogP contribution in [-0.4, -0.2) is 52.1 Å². The fourth-order valence-corrected chi connectivity index (χ4v) is 3.92. The van der Waals surface area contributed by atoms with Crippen LogP contribution in [-0.2, 0) is 5.60 Å². The van der Waals surface area contributed by atoms with Gasteiger partial charge in [-0.1, -0.05) is 6.07 Å². The summed E-state index contributed by atoms with van der Waals surface area (Å²) in [5.74, 6) is 0.802. The lowest BCUT2D eigenvalue weighted by Gasteiger charge is -2.39. The van der Waals surface area contributed by atoms with E-state index in [0.717, 1.165) is 37.3 Å². The number of aromatic nitrogens is 2. The molecular weight excluding hydrogens is 328 g/mol. The van der Waals surface area contributed by atoms with Crippen LogP contribution in [0.25, 0.3) is 0 Å². The average Bonchev–Trinajstić information content (AvgIpc) is 3.24. The molecule has 2 aliphatic rings. The summed E-state index contributed by atoms with van der Waals surface area (Å²) in [6.07, 6.45) is 8.51. The lowest BCUT2D eigenvalue weighted by molar-refractivity contribution is 0.0113. The van der Waals surface area contributed by atoms with Crippen molar-refractivity contribution in [2.45, 2.75) is 31.3 Å². The van der Waals surface area contributed by atoms with E-state index in [-0.39, 0.29) is 5.91 Å². The Labute approximate surface area is 153 Å². The van der Waals surface area contributed by atoms with Crippen LogP contribution in [0, 0.1) is 0 Å². The molecule has 0 atom stereocenters. The summed E-state index contributed by atoms with van der Waals surface area (Å²) < 4.78 is 0. The molecule has 6 heteroatoms. The van der Waals surface area contributed by atoms with Gasteiger partial charge in [0.25, 0.3) is 5.91 Å². The molecule has 2 saturated heterocycles. The maximum absolute atomic E-state index is 12.9. The number of likely N-dealkylation sites (tertiary alicyclic amines) is 1. The van der Waals surface area contributed by atoms with Crippen LogP contribution in [0.5, 0.6) is 0 Å². The van der Waals surface area contributed by atoms with E-state index in [9.17, 15) is 9.90 Å². The quantitative estimate of drug-likeness (QED) is 0.917. The third-order valence-electron chi connectivity index (χ3n) is 5.50. The number of rotatable bonds is 3. The van der Waals surface area contributed by atoms with E-state index in [1.165, 1.54) is 0 Å². The van der Waals surface area contributed by atoms with Gasteiger partial charge in [0.2, 0.25) is 0 Å². The van der Waals surface area contributed by atoms with E-state index >= 15 is 0 Å². The van der Waals surface area contributed by atoms with Gasteiger partial charge in [-0.25, -0.2) is 4.98 Å². The van der Waals surface area contributed by atoms with Crippen LogP contribution in [0.1, 0.15) is 41.6 Å². The van der Waals surface area contributed by atoms with E-state index in [4.69, 9.17) is 0 Å². The van der Waals surface area contributed by atoms with Gasteiger partial charge in [0.15, 0.2) is 0 Å². The zero-order chi connectivity index (χ0) is 18.0. The summed E-state index contributed by atoms with van der Waals surface area (Å²) in [6.45, 7) is 2.97. The van der Waals surface area contributed by atoms with E-state index in [0.29, 0.717) is 31.5 Å². The molecule has 2 aromatic heterocycles. The summed E-state index contributed by atoms with van der Waals surface area (Å²) in [5.41, 5.74) is 0.661. The first-order chi connectivity index (χ1) is 12.7. The molecule has 26 heavy (non-hydrogen) atoms. The van der Waals surface area contributed by atoms with E-state index in [1.807, 2.05) is 29.2 Å². The first-order valence-electron chi connectivity index (χ1n) is 9.29. The van der Waals surface area contributed by atoms with Gasteiger partial charge in [-0.05, 0) is 43.9 Å². The molecule has 4 rings (SSSR count). The van der Waals surface area contributed by atoms with E-state index in [2.05, 4.69) is 14.9 Å². The van der Waals surface area contributed by atoms with Crippen LogP contribution in [0.15, 0.2) is 42.9 Å². The minimum atomic E-state index is -0.862. The summed E-state index contributed by atoms with van der Waals surface area (Å²) in [7, 11) is 0. The third kappa shape index (κ3) is 3.17. The number of hydrogen-bond donors (Lipinski definition) is 1. The van der Waals surface area contributed by atoms with Crippen molar-refractivity contribution in [1.29, 1.82) is 0 Å². The summed E-state index contributed by atoms with van der Waals surface area (Å²) >= 11 is 0. The SMILES string of the molecule is O=C(c1cccnc1N1CCC(O)(c2cccnc2)CC1)N1CCCC1. The number of amides is 1. The van der Waals surface area contributed by atoms with Crippen molar-refractivity contribution in [2.75, 3.05) is 31.1 Å². The normalized spacial score (nSPS) is 19.6. The van der Waals surface area contributed by atoms with Crippen LogP contribution < -0.4 is 4.90 Å². The first-order valence-corrected chi connectivity index (χ1v) is 9.29. The second-order valence-electron chi connectivity index (χ2n) is 7.13. The Balaban J connectivity index is 1.52. The first kappa shape index (κ1) is 17.0. The highest BCUT2D eigenvalue weighted by Crippen LogP contribution is 2.34. The van der Waals surface area contributed by atoms with Gasteiger partial charge in [-0.15, -0.1) is 0 Å². The molecule has 2 fully saturated rings. The molecule has 0 aromatic carbocycles. The Morgan fingerprint density at radius 2 is 1.77 bits per heavy atom. The molecule has 0 saturated carbocycles. The number of pyridine rings is 2. The maximum atomic E-state index is 12.9. The van der Waals surface area contributed by atoms with Gasteiger partial charge in [-0.2, -0.15) is 0 Å². The second-order valence-corrected chi connectivity index (χ2v) is 7.13. The van der Waals surface area contributed by atoms with Gasteiger partial charge in [0.05, 0.1) is 11.2 Å². The van der Waals surface area contributed by atoms with Crippen LogP contribution in [0.3, 0.4) is 0 Å². The fraction of sp³-hybridized carbons (Fsp3) is 0.450. The van der Waals surface area contributed by atoms with Gasteiger partial charge in [0.1, 0.15) is 5.82 Å². The minimum absolute atomic E-state index is 0.0682. The smallest absolute Gasteiger partial charge is 0.257 e. The van der Waals surface area contributed by atoms with Crippen molar-refractivity contribution in [1.82, 2.24) is 14.9 Å². The second kappa shape index (κ2) is 7.03. The predicted molar refractivity (Wildman–Crippen MR) is 99.0 cm³/mol. The van der Waals surface area contributed by atoms with E-state index in [1.54, 1.807) is 18.6 Å². The average molecular weight is 352 g/mol. The molecule has 136 valence electrons. The third-order valence-corrected chi connectivity index (χ3v) is 5.50. The van der Waals surface area contributed by atoms with Crippen molar-refractivity contribution < 1.29 is 9.90 Å². The largest absolute Gasteiger partial charge is 0.385 e. The molecule has 0 bridgehead atoms. The van der Waals surface area contributed by atoms with Crippen LogP contribution in [0.4, 0.5) is 5.82 Å². The van der Waals surface area contributed by atoms with Gasteiger partial charge in [0, 0.05) is 50.3 Å². The number of carbonyl (C=O) groups excluding carboxylic acids is 1. The topological polar surface area (TPSA) is 69.6 Å². The highest BCUT2D eigenvalue weighted by molar-refractivity contribution is 5.99. The van der Waals surface area contributed by atoms with Gasteiger partial charge < -0.3 is 14.9 Å². The molecule has 2 aliphatic heterocycles. The number of carbonyl (C=O) groups is 1. The van der Waals surface area contributed by atoms with Gasteiger partial charge >= 0.3 is 0 Å².